The summed E-state index contributed by atoms with van der Waals surface area (Å²) in [6.07, 6.45) is -3.54. The van der Waals surface area contributed by atoms with Crippen LogP contribution in [0.2, 0.25) is 0 Å². The van der Waals surface area contributed by atoms with E-state index in [0.717, 1.165) is 12.1 Å². The number of alkyl halides is 3. The van der Waals surface area contributed by atoms with E-state index in [1.54, 1.807) is 12.1 Å². The third-order valence-electron chi connectivity index (χ3n) is 3.64. The molecule has 3 rings (SSSR count). The van der Waals surface area contributed by atoms with Gasteiger partial charge in [0.15, 0.2) is 0 Å². The van der Waals surface area contributed by atoms with Crippen LogP contribution in [0.15, 0.2) is 42.6 Å². The molecule has 130 valence electrons. The van der Waals surface area contributed by atoms with Gasteiger partial charge in [0.1, 0.15) is 11.5 Å². The van der Waals surface area contributed by atoms with Gasteiger partial charge in [-0.25, -0.2) is 0 Å². The Bertz CT molecular complexity index is 929. The Morgan fingerprint density at radius 3 is 2.40 bits per heavy atom. The number of aromatic nitrogens is 1. The van der Waals surface area contributed by atoms with Crippen molar-refractivity contribution in [2.45, 2.75) is 12.8 Å². The zero-order valence-electron chi connectivity index (χ0n) is 12.6. The van der Waals surface area contributed by atoms with Gasteiger partial charge in [0.2, 0.25) is 0 Å². The van der Waals surface area contributed by atoms with E-state index in [-0.39, 0.29) is 17.9 Å². The molecule has 0 atom stereocenters. The zero-order chi connectivity index (χ0) is 18.2. The number of benzene rings is 2. The number of halogens is 3. The number of carboxylic acid groups (broad SMARTS) is 1. The molecule has 0 spiro atoms. The van der Waals surface area contributed by atoms with Gasteiger partial charge >= 0.3 is 12.3 Å². The largest absolute Gasteiger partial charge is 0.573 e. The first kappa shape index (κ1) is 16.7. The minimum atomic E-state index is -4.78. The molecule has 2 aromatic carbocycles. The van der Waals surface area contributed by atoms with Gasteiger partial charge < -0.3 is 19.9 Å². The summed E-state index contributed by atoms with van der Waals surface area (Å²) in [6.45, 7) is 0. The molecule has 0 fully saturated rings. The molecule has 0 unspecified atom stereocenters. The molecule has 3 aromatic rings. The average Bonchev–Trinajstić information content (AvgIpc) is 2.90. The number of hydrogen-bond donors (Lipinski definition) is 3. The van der Waals surface area contributed by atoms with Crippen LogP contribution in [0.1, 0.15) is 5.56 Å². The molecule has 25 heavy (non-hydrogen) atoms. The van der Waals surface area contributed by atoms with Gasteiger partial charge in [0, 0.05) is 22.7 Å². The standard InChI is InChI=1S/C17H12F3NO4/c18-17(19,20)25-11-3-1-9(2-4-11)12-5-6-13-15(16(12)24)10(8-21-13)7-14(22)23/h1-6,8,21,24H,7H2,(H,22,23). The normalized spacial score (nSPS) is 11.6. The van der Waals surface area contributed by atoms with Crippen LogP contribution >= 0.6 is 0 Å². The van der Waals surface area contributed by atoms with Crippen LogP contribution in [0.5, 0.6) is 11.5 Å². The number of aromatic amines is 1. The van der Waals surface area contributed by atoms with Crippen LogP contribution in [0.25, 0.3) is 22.0 Å². The second-order valence-electron chi connectivity index (χ2n) is 5.34. The Morgan fingerprint density at radius 1 is 1.12 bits per heavy atom. The maximum Gasteiger partial charge on any atom is 0.573 e. The van der Waals surface area contributed by atoms with Crippen molar-refractivity contribution >= 4 is 16.9 Å². The van der Waals surface area contributed by atoms with Crippen molar-refractivity contribution in [1.29, 1.82) is 0 Å². The number of phenolic OH excluding ortho intramolecular Hbond substituents is 1. The number of aliphatic carboxylic acids is 1. The summed E-state index contributed by atoms with van der Waals surface area (Å²) in [7, 11) is 0. The Balaban J connectivity index is 2.01. The van der Waals surface area contributed by atoms with E-state index in [2.05, 4.69) is 9.72 Å². The lowest BCUT2D eigenvalue weighted by Crippen LogP contribution is -2.16. The Morgan fingerprint density at radius 2 is 1.80 bits per heavy atom. The molecule has 0 aliphatic heterocycles. The predicted molar refractivity (Wildman–Crippen MR) is 83.4 cm³/mol. The van der Waals surface area contributed by atoms with Gasteiger partial charge in [-0.2, -0.15) is 0 Å². The van der Waals surface area contributed by atoms with Crippen LogP contribution < -0.4 is 4.74 Å². The minimum Gasteiger partial charge on any atom is -0.507 e. The number of fused-ring (bicyclic) bond motifs is 1. The van der Waals surface area contributed by atoms with Crippen molar-refractivity contribution in [3.05, 3.63) is 48.2 Å². The number of H-pyrrole nitrogens is 1. The molecule has 1 heterocycles. The molecular weight excluding hydrogens is 339 g/mol. The molecule has 0 aliphatic carbocycles. The first-order valence-electron chi connectivity index (χ1n) is 7.14. The lowest BCUT2D eigenvalue weighted by Gasteiger charge is -2.11. The maximum atomic E-state index is 12.2. The third kappa shape index (κ3) is 3.52. The Hall–Kier alpha value is -3.16. The predicted octanol–water partition coefficient (Wildman–Crippen LogP) is 4.07. The number of ether oxygens (including phenoxy) is 1. The summed E-state index contributed by atoms with van der Waals surface area (Å²) < 4.78 is 40.4. The molecule has 0 bridgehead atoms. The zero-order valence-corrected chi connectivity index (χ0v) is 12.6. The van der Waals surface area contributed by atoms with Crippen LogP contribution in [0.4, 0.5) is 13.2 Å². The summed E-state index contributed by atoms with van der Waals surface area (Å²) in [6, 6.07) is 8.30. The van der Waals surface area contributed by atoms with E-state index in [1.165, 1.54) is 18.3 Å². The topological polar surface area (TPSA) is 82.5 Å². The molecule has 0 amide bonds. The van der Waals surface area contributed by atoms with E-state index in [9.17, 15) is 23.1 Å². The van der Waals surface area contributed by atoms with E-state index in [0.29, 0.717) is 27.6 Å². The summed E-state index contributed by atoms with van der Waals surface area (Å²) >= 11 is 0. The van der Waals surface area contributed by atoms with E-state index < -0.39 is 12.3 Å². The van der Waals surface area contributed by atoms with E-state index in [4.69, 9.17) is 5.11 Å². The summed E-state index contributed by atoms with van der Waals surface area (Å²) in [4.78, 5) is 13.8. The van der Waals surface area contributed by atoms with Gasteiger partial charge in [-0.3, -0.25) is 4.79 Å². The highest BCUT2D eigenvalue weighted by Crippen LogP contribution is 2.38. The van der Waals surface area contributed by atoms with Gasteiger partial charge in [-0.15, -0.1) is 13.2 Å². The van der Waals surface area contributed by atoms with Crippen molar-refractivity contribution in [1.82, 2.24) is 4.98 Å². The highest BCUT2D eigenvalue weighted by molar-refractivity contribution is 5.97. The van der Waals surface area contributed by atoms with Crippen molar-refractivity contribution in [3.63, 3.8) is 0 Å². The van der Waals surface area contributed by atoms with Crippen LogP contribution in [-0.4, -0.2) is 27.5 Å². The number of rotatable bonds is 4. The fourth-order valence-corrected chi connectivity index (χ4v) is 2.64. The smallest absolute Gasteiger partial charge is 0.507 e. The number of carboxylic acids is 1. The molecule has 0 aliphatic rings. The maximum absolute atomic E-state index is 12.2. The molecule has 8 heteroatoms. The van der Waals surface area contributed by atoms with Gasteiger partial charge in [-0.1, -0.05) is 12.1 Å². The minimum absolute atomic E-state index is 0.139. The SMILES string of the molecule is O=C(O)Cc1c[nH]c2ccc(-c3ccc(OC(F)(F)F)cc3)c(O)c12. The molecule has 3 N–H and O–H groups in total. The molecular formula is C17H12F3NO4. The van der Waals surface area contributed by atoms with Crippen molar-refractivity contribution in [3.8, 4) is 22.6 Å². The summed E-state index contributed by atoms with van der Waals surface area (Å²) in [5.41, 5.74) is 1.82. The molecule has 0 saturated carbocycles. The van der Waals surface area contributed by atoms with Gasteiger partial charge in [0.25, 0.3) is 0 Å². The molecule has 0 radical (unpaired) electrons. The average molecular weight is 351 g/mol. The first-order valence-corrected chi connectivity index (χ1v) is 7.14. The first-order chi connectivity index (χ1) is 11.7. The second kappa shape index (κ2) is 6.04. The number of phenols is 1. The quantitative estimate of drug-likeness (QED) is 0.662. The van der Waals surface area contributed by atoms with Gasteiger partial charge in [0.05, 0.1) is 6.42 Å². The fraction of sp³-hybridized carbons (Fsp3) is 0.118. The van der Waals surface area contributed by atoms with E-state index >= 15 is 0 Å². The number of nitrogens with one attached hydrogen (secondary N) is 1. The van der Waals surface area contributed by atoms with Crippen LogP contribution in [0, 0.1) is 0 Å². The Labute approximate surface area is 139 Å². The molecule has 1 aromatic heterocycles. The summed E-state index contributed by atoms with van der Waals surface area (Å²) in [5, 5.41) is 19.8. The van der Waals surface area contributed by atoms with Crippen LogP contribution in [0.3, 0.4) is 0 Å². The highest BCUT2D eigenvalue weighted by atomic mass is 19.4. The fourth-order valence-electron chi connectivity index (χ4n) is 2.64. The second-order valence-corrected chi connectivity index (χ2v) is 5.34. The molecule has 5 nitrogen and oxygen atoms in total. The van der Waals surface area contributed by atoms with E-state index in [1.807, 2.05) is 0 Å². The summed E-state index contributed by atoms with van der Waals surface area (Å²) in [5.74, 6) is -1.55. The van der Waals surface area contributed by atoms with Crippen molar-refractivity contribution in [2.75, 3.05) is 0 Å². The lowest BCUT2D eigenvalue weighted by atomic mass is 10.00. The third-order valence-corrected chi connectivity index (χ3v) is 3.64. The molecule has 0 saturated heterocycles. The number of carbonyl (C=O) groups is 1. The van der Waals surface area contributed by atoms with Crippen molar-refractivity contribution < 1.29 is 32.9 Å². The highest BCUT2D eigenvalue weighted by Gasteiger charge is 2.31. The van der Waals surface area contributed by atoms with Crippen molar-refractivity contribution in [2.24, 2.45) is 0 Å². The monoisotopic (exact) mass is 351 g/mol. The van der Waals surface area contributed by atoms with Gasteiger partial charge in [-0.05, 0) is 35.4 Å². The lowest BCUT2D eigenvalue weighted by molar-refractivity contribution is -0.274. The number of aromatic hydroxyl groups is 1. The van der Waals surface area contributed by atoms with Crippen LogP contribution in [-0.2, 0) is 11.2 Å². The Kier molecular flexibility index (Phi) is 4.03. The number of hydrogen-bond acceptors (Lipinski definition) is 3.